The molecule has 0 aromatic heterocycles. The van der Waals surface area contributed by atoms with Gasteiger partial charge in [0.2, 0.25) is 0 Å². The number of hydrogen-bond donors (Lipinski definition) is 2. The first-order valence-corrected chi connectivity index (χ1v) is 8.74. The zero-order valence-electron chi connectivity index (χ0n) is 14.8. The lowest BCUT2D eigenvalue weighted by atomic mass is 9.86. The summed E-state index contributed by atoms with van der Waals surface area (Å²) in [7, 11) is 0. The Hall–Kier alpha value is -2.10. The number of nitrogens with zero attached hydrogens (tertiary/aromatic N) is 1. The fraction of sp³-hybridized carbons (Fsp3) is 0.579. The van der Waals surface area contributed by atoms with E-state index in [-0.39, 0.29) is 17.7 Å². The van der Waals surface area contributed by atoms with Gasteiger partial charge in [-0.3, -0.25) is 0 Å². The summed E-state index contributed by atoms with van der Waals surface area (Å²) in [5.41, 5.74) is 0.871. The Morgan fingerprint density at radius 2 is 2.08 bits per heavy atom. The van der Waals surface area contributed by atoms with Gasteiger partial charge in [-0.2, -0.15) is 5.26 Å². The van der Waals surface area contributed by atoms with Gasteiger partial charge < -0.3 is 20.1 Å². The van der Waals surface area contributed by atoms with Gasteiger partial charge >= 0.3 is 6.03 Å². The summed E-state index contributed by atoms with van der Waals surface area (Å²) in [6.07, 6.45) is 2.49. The van der Waals surface area contributed by atoms with Crippen molar-refractivity contribution in [1.82, 2.24) is 5.32 Å². The standard InChI is InChI=1S/C19H25N3O3/c1-18(2,12-20)14-3-5-15(6-4-14)21-17(23)22-16-7-9-25-19(11-16)8-10-24-13-19/h3-6,16H,7-11,13H2,1-2H3,(H2,21,22,23)/t16-,19+/m1/s1. The monoisotopic (exact) mass is 343 g/mol. The van der Waals surface area contributed by atoms with Crippen LogP contribution >= 0.6 is 0 Å². The van der Waals surface area contributed by atoms with Crippen LogP contribution in [-0.2, 0) is 14.9 Å². The van der Waals surface area contributed by atoms with Gasteiger partial charge in [-0.1, -0.05) is 12.1 Å². The van der Waals surface area contributed by atoms with Crippen molar-refractivity contribution in [3.05, 3.63) is 29.8 Å². The summed E-state index contributed by atoms with van der Waals surface area (Å²) >= 11 is 0. The number of amides is 2. The Morgan fingerprint density at radius 1 is 1.32 bits per heavy atom. The van der Waals surface area contributed by atoms with E-state index in [0.29, 0.717) is 18.9 Å². The molecule has 0 aliphatic carbocycles. The van der Waals surface area contributed by atoms with Crippen LogP contribution in [0.1, 0.15) is 38.7 Å². The van der Waals surface area contributed by atoms with Gasteiger partial charge in [-0.25, -0.2) is 4.79 Å². The predicted molar refractivity (Wildman–Crippen MR) is 94.4 cm³/mol. The van der Waals surface area contributed by atoms with E-state index in [9.17, 15) is 10.1 Å². The van der Waals surface area contributed by atoms with Gasteiger partial charge in [0.05, 0.1) is 23.7 Å². The molecule has 2 aliphatic heterocycles. The number of anilines is 1. The summed E-state index contributed by atoms with van der Waals surface area (Å²) in [4.78, 5) is 12.3. The molecule has 1 spiro atoms. The van der Waals surface area contributed by atoms with Crippen LogP contribution < -0.4 is 10.6 Å². The minimum absolute atomic E-state index is 0.0900. The third kappa shape index (κ3) is 4.12. The average molecular weight is 343 g/mol. The Kier molecular flexibility index (Phi) is 4.98. The molecule has 2 heterocycles. The van der Waals surface area contributed by atoms with Crippen molar-refractivity contribution in [3.8, 4) is 6.07 Å². The molecule has 25 heavy (non-hydrogen) atoms. The van der Waals surface area contributed by atoms with Crippen LogP contribution in [0.25, 0.3) is 0 Å². The minimum Gasteiger partial charge on any atom is -0.378 e. The van der Waals surface area contributed by atoms with Crippen molar-refractivity contribution in [3.63, 3.8) is 0 Å². The fourth-order valence-electron chi connectivity index (χ4n) is 3.40. The van der Waals surface area contributed by atoms with Crippen LogP contribution in [0.4, 0.5) is 10.5 Å². The molecular formula is C19H25N3O3. The quantitative estimate of drug-likeness (QED) is 0.884. The van der Waals surface area contributed by atoms with Crippen molar-refractivity contribution in [2.24, 2.45) is 0 Å². The van der Waals surface area contributed by atoms with Gasteiger partial charge in [0.15, 0.2) is 0 Å². The third-order valence-electron chi connectivity index (χ3n) is 5.04. The van der Waals surface area contributed by atoms with Crippen LogP contribution in [0.3, 0.4) is 0 Å². The Labute approximate surface area is 148 Å². The van der Waals surface area contributed by atoms with E-state index in [4.69, 9.17) is 9.47 Å². The van der Waals surface area contributed by atoms with Crippen LogP contribution in [-0.4, -0.2) is 37.5 Å². The van der Waals surface area contributed by atoms with Crippen molar-refractivity contribution in [2.45, 2.75) is 50.2 Å². The molecule has 2 aliphatic rings. The van der Waals surface area contributed by atoms with Gasteiger partial charge in [-0.15, -0.1) is 0 Å². The number of benzene rings is 1. The van der Waals surface area contributed by atoms with E-state index >= 15 is 0 Å². The molecule has 0 radical (unpaired) electrons. The number of urea groups is 1. The molecule has 0 bridgehead atoms. The number of carbonyl (C=O) groups excluding carboxylic acids is 1. The molecule has 1 aromatic carbocycles. The maximum atomic E-state index is 12.3. The molecule has 6 nitrogen and oxygen atoms in total. The lowest BCUT2D eigenvalue weighted by Crippen LogP contribution is -2.49. The smallest absolute Gasteiger partial charge is 0.319 e. The van der Waals surface area contributed by atoms with E-state index in [1.54, 1.807) is 0 Å². The normalized spacial score (nSPS) is 26.2. The van der Waals surface area contributed by atoms with Crippen molar-refractivity contribution in [1.29, 1.82) is 5.26 Å². The minimum atomic E-state index is -0.541. The summed E-state index contributed by atoms with van der Waals surface area (Å²) in [5.74, 6) is 0. The van der Waals surface area contributed by atoms with Crippen LogP contribution in [0.2, 0.25) is 0 Å². The first kappa shape index (κ1) is 17.7. The topological polar surface area (TPSA) is 83.4 Å². The van der Waals surface area contributed by atoms with E-state index < -0.39 is 5.41 Å². The molecule has 0 unspecified atom stereocenters. The Balaban J connectivity index is 1.55. The number of hydrogen-bond acceptors (Lipinski definition) is 4. The maximum absolute atomic E-state index is 12.3. The van der Waals surface area contributed by atoms with Gasteiger partial charge in [-0.05, 0) is 44.4 Å². The molecule has 2 saturated heterocycles. The molecule has 3 rings (SSSR count). The molecule has 2 amide bonds. The van der Waals surface area contributed by atoms with Crippen molar-refractivity contribution >= 4 is 11.7 Å². The molecule has 0 saturated carbocycles. The largest absolute Gasteiger partial charge is 0.378 e. The summed E-state index contributed by atoms with van der Waals surface area (Å²) in [5, 5.41) is 15.1. The number of nitrogens with one attached hydrogen (secondary N) is 2. The first-order chi connectivity index (χ1) is 11.9. The molecule has 2 atom stereocenters. The highest BCUT2D eigenvalue weighted by Crippen LogP contribution is 2.32. The zero-order valence-corrected chi connectivity index (χ0v) is 14.8. The van der Waals surface area contributed by atoms with Gasteiger partial charge in [0.1, 0.15) is 0 Å². The number of ether oxygens (including phenoxy) is 2. The summed E-state index contributed by atoms with van der Waals surface area (Å²) in [6.45, 7) is 5.73. The zero-order chi connectivity index (χ0) is 17.9. The summed E-state index contributed by atoms with van der Waals surface area (Å²) < 4.78 is 11.3. The van der Waals surface area contributed by atoms with E-state index in [2.05, 4.69) is 16.7 Å². The molecule has 2 fully saturated rings. The Morgan fingerprint density at radius 3 is 2.72 bits per heavy atom. The first-order valence-electron chi connectivity index (χ1n) is 8.74. The molecular weight excluding hydrogens is 318 g/mol. The second-order valence-electron chi connectivity index (χ2n) is 7.44. The van der Waals surface area contributed by atoms with Crippen LogP contribution in [0.15, 0.2) is 24.3 Å². The molecule has 2 N–H and O–H groups in total. The molecule has 134 valence electrons. The van der Waals surface area contributed by atoms with Gasteiger partial charge in [0, 0.05) is 31.4 Å². The predicted octanol–water partition coefficient (Wildman–Crippen LogP) is 2.95. The van der Waals surface area contributed by atoms with Gasteiger partial charge in [0.25, 0.3) is 0 Å². The average Bonchev–Trinajstić information content (AvgIpc) is 3.03. The van der Waals surface area contributed by atoms with Crippen molar-refractivity contribution < 1.29 is 14.3 Å². The second kappa shape index (κ2) is 7.03. The van der Waals surface area contributed by atoms with E-state index in [1.165, 1.54) is 0 Å². The Bertz CT molecular complexity index is 657. The molecule has 1 aromatic rings. The number of carbonyl (C=O) groups is 1. The molecule has 6 heteroatoms. The SMILES string of the molecule is CC(C)(C#N)c1ccc(NC(=O)N[C@@H]2CCO[C@@]3(CCOC3)C2)cc1. The third-order valence-corrected chi connectivity index (χ3v) is 5.04. The van der Waals surface area contributed by atoms with E-state index in [1.807, 2.05) is 38.1 Å². The fourth-order valence-corrected chi connectivity index (χ4v) is 3.40. The number of rotatable bonds is 3. The highest BCUT2D eigenvalue weighted by molar-refractivity contribution is 5.89. The lowest BCUT2D eigenvalue weighted by molar-refractivity contribution is -0.0877. The maximum Gasteiger partial charge on any atom is 0.319 e. The van der Waals surface area contributed by atoms with E-state index in [0.717, 1.165) is 31.4 Å². The number of nitriles is 1. The van der Waals surface area contributed by atoms with Crippen LogP contribution in [0, 0.1) is 11.3 Å². The highest BCUT2D eigenvalue weighted by Gasteiger charge is 2.41. The lowest BCUT2D eigenvalue weighted by Gasteiger charge is -2.37. The summed E-state index contributed by atoms with van der Waals surface area (Å²) in [6, 6.07) is 9.54. The second-order valence-corrected chi connectivity index (χ2v) is 7.44. The van der Waals surface area contributed by atoms with Crippen LogP contribution in [0.5, 0.6) is 0 Å². The van der Waals surface area contributed by atoms with Crippen molar-refractivity contribution in [2.75, 3.05) is 25.1 Å². The highest BCUT2D eigenvalue weighted by atomic mass is 16.6.